The van der Waals surface area contributed by atoms with E-state index in [0.29, 0.717) is 25.6 Å². The van der Waals surface area contributed by atoms with Crippen molar-refractivity contribution in [1.82, 2.24) is 16.0 Å². The van der Waals surface area contributed by atoms with Crippen molar-refractivity contribution in [1.29, 1.82) is 0 Å². The number of thiophene rings is 1. The Bertz CT molecular complexity index is 554. The number of halogens is 1. The molecule has 2 rings (SSSR count). The second-order valence-electron chi connectivity index (χ2n) is 7.28. The van der Waals surface area contributed by atoms with Crippen LogP contribution in [0.15, 0.2) is 22.5 Å². The maximum Gasteiger partial charge on any atom is 0.221 e. The van der Waals surface area contributed by atoms with Gasteiger partial charge in [0.25, 0.3) is 0 Å². The lowest BCUT2D eigenvalue weighted by Crippen LogP contribution is -2.41. The minimum Gasteiger partial charge on any atom is -0.357 e. The van der Waals surface area contributed by atoms with Crippen molar-refractivity contribution in [2.45, 2.75) is 64.3 Å². The SMILES string of the molecule is CCNC(=NCC(C)(C)c1cccs1)NCCC(=O)NC1CCCC1.I. The van der Waals surface area contributed by atoms with Crippen molar-refractivity contribution in [3.05, 3.63) is 22.4 Å². The van der Waals surface area contributed by atoms with E-state index in [1.54, 1.807) is 11.3 Å². The average Bonchev–Trinajstić information content (AvgIpc) is 3.26. The summed E-state index contributed by atoms with van der Waals surface area (Å²) >= 11 is 1.77. The summed E-state index contributed by atoms with van der Waals surface area (Å²) in [5.74, 6) is 0.912. The van der Waals surface area contributed by atoms with Crippen LogP contribution in [-0.4, -0.2) is 37.5 Å². The standard InChI is InChI=1S/C19H32N4OS.HI/c1-4-20-18(22-14-19(2,3)16-10-7-13-25-16)21-12-11-17(24)23-15-8-5-6-9-15;/h7,10,13,15H,4-6,8-9,11-12,14H2,1-3H3,(H,23,24)(H2,20,21,22);1H. The summed E-state index contributed by atoms with van der Waals surface area (Å²) in [6.45, 7) is 8.58. The van der Waals surface area contributed by atoms with Gasteiger partial charge < -0.3 is 16.0 Å². The number of carbonyl (C=O) groups is 1. The second kappa shape index (κ2) is 11.8. The van der Waals surface area contributed by atoms with Gasteiger partial charge in [0.1, 0.15) is 0 Å². The zero-order chi connectivity index (χ0) is 18.1. The minimum absolute atomic E-state index is 0. The molecule has 0 unspecified atom stereocenters. The van der Waals surface area contributed by atoms with Gasteiger partial charge in [-0.1, -0.05) is 32.8 Å². The molecule has 0 saturated heterocycles. The fraction of sp³-hybridized carbons (Fsp3) is 0.684. The molecule has 0 radical (unpaired) electrons. The van der Waals surface area contributed by atoms with Crippen molar-refractivity contribution < 1.29 is 4.79 Å². The highest BCUT2D eigenvalue weighted by atomic mass is 127. The van der Waals surface area contributed by atoms with Crippen LogP contribution >= 0.6 is 35.3 Å². The lowest BCUT2D eigenvalue weighted by molar-refractivity contribution is -0.121. The highest BCUT2D eigenvalue weighted by Crippen LogP contribution is 2.27. The number of nitrogens with zero attached hydrogens (tertiary/aromatic N) is 1. The molecule has 1 aliphatic carbocycles. The Hall–Kier alpha value is -0.830. The zero-order valence-electron chi connectivity index (χ0n) is 16.1. The van der Waals surface area contributed by atoms with Crippen LogP contribution in [0.5, 0.6) is 0 Å². The summed E-state index contributed by atoms with van der Waals surface area (Å²) in [6, 6.07) is 4.63. The van der Waals surface area contributed by atoms with Gasteiger partial charge in [0.05, 0.1) is 6.54 Å². The maximum atomic E-state index is 12.0. The molecule has 0 aromatic carbocycles. The van der Waals surface area contributed by atoms with Crippen LogP contribution in [0.3, 0.4) is 0 Å². The average molecular weight is 492 g/mol. The summed E-state index contributed by atoms with van der Waals surface area (Å²) in [4.78, 5) is 18.0. The van der Waals surface area contributed by atoms with Gasteiger partial charge in [0, 0.05) is 35.8 Å². The number of aliphatic imine (C=N–C) groups is 1. The molecular weight excluding hydrogens is 459 g/mol. The fourth-order valence-corrected chi connectivity index (χ4v) is 3.87. The van der Waals surface area contributed by atoms with E-state index in [4.69, 9.17) is 4.99 Å². The summed E-state index contributed by atoms with van der Waals surface area (Å²) in [5, 5.41) is 11.8. The minimum atomic E-state index is 0. The van der Waals surface area contributed by atoms with E-state index >= 15 is 0 Å². The first-order chi connectivity index (χ1) is 12.0. The van der Waals surface area contributed by atoms with Crippen LogP contribution in [-0.2, 0) is 10.2 Å². The summed E-state index contributed by atoms with van der Waals surface area (Å²) in [6.07, 6.45) is 5.21. The molecule has 1 aliphatic rings. The Kier molecular flexibility index (Phi) is 10.5. The highest BCUT2D eigenvalue weighted by Gasteiger charge is 2.21. The molecule has 5 nitrogen and oxygen atoms in total. The zero-order valence-corrected chi connectivity index (χ0v) is 19.3. The normalized spacial score (nSPS) is 15.4. The van der Waals surface area contributed by atoms with Crippen LogP contribution < -0.4 is 16.0 Å². The first kappa shape index (κ1) is 23.2. The van der Waals surface area contributed by atoms with Gasteiger partial charge in [-0.15, -0.1) is 35.3 Å². The van der Waals surface area contributed by atoms with E-state index in [-0.39, 0.29) is 35.3 Å². The summed E-state index contributed by atoms with van der Waals surface area (Å²) in [5.41, 5.74) is 0.0103. The summed E-state index contributed by atoms with van der Waals surface area (Å²) < 4.78 is 0. The van der Waals surface area contributed by atoms with Crippen molar-refractivity contribution >= 4 is 47.2 Å². The molecule has 0 bridgehead atoms. The van der Waals surface area contributed by atoms with Crippen molar-refractivity contribution in [2.75, 3.05) is 19.6 Å². The quantitative estimate of drug-likeness (QED) is 0.295. The van der Waals surface area contributed by atoms with E-state index in [2.05, 4.69) is 54.2 Å². The van der Waals surface area contributed by atoms with Crippen LogP contribution in [0.4, 0.5) is 0 Å². The third kappa shape index (κ3) is 7.82. The maximum absolute atomic E-state index is 12.0. The largest absolute Gasteiger partial charge is 0.357 e. The van der Waals surface area contributed by atoms with E-state index < -0.39 is 0 Å². The number of hydrogen-bond acceptors (Lipinski definition) is 3. The van der Waals surface area contributed by atoms with E-state index in [1.807, 2.05) is 0 Å². The summed E-state index contributed by atoms with van der Waals surface area (Å²) in [7, 11) is 0. The first-order valence-corrected chi connectivity index (χ1v) is 10.2. The number of guanidine groups is 1. The van der Waals surface area contributed by atoms with Gasteiger partial charge in [-0.3, -0.25) is 9.79 Å². The van der Waals surface area contributed by atoms with Crippen LogP contribution in [0.1, 0.15) is 57.8 Å². The Balaban J connectivity index is 0.00000338. The molecule has 148 valence electrons. The Labute approximate surface area is 178 Å². The third-order valence-corrected chi connectivity index (χ3v) is 5.77. The fourth-order valence-electron chi connectivity index (χ4n) is 3.02. The number of rotatable bonds is 8. The van der Waals surface area contributed by atoms with Gasteiger partial charge in [0.2, 0.25) is 5.91 Å². The number of nitrogens with one attached hydrogen (secondary N) is 3. The first-order valence-electron chi connectivity index (χ1n) is 9.37. The topological polar surface area (TPSA) is 65.5 Å². The van der Waals surface area contributed by atoms with Crippen molar-refractivity contribution in [2.24, 2.45) is 4.99 Å². The molecular formula is C19H33IN4OS. The van der Waals surface area contributed by atoms with Crippen LogP contribution in [0.2, 0.25) is 0 Å². The number of amides is 1. The Morgan fingerprint density at radius 3 is 2.65 bits per heavy atom. The molecule has 1 aromatic heterocycles. The molecule has 1 saturated carbocycles. The van der Waals surface area contributed by atoms with Crippen LogP contribution in [0, 0.1) is 0 Å². The molecule has 0 atom stereocenters. The Morgan fingerprint density at radius 2 is 2.04 bits per heavy atom. The van der Waals surface area contributed by atoms with Gasteiger partial charge in [-0.25, -0.2) is 0 Å². The number of carbonyl (C=O) groups excluding carboxylic acids is 1. The van der Waals surface area contributed by atoms with Gasteiger partial charge >= 0.3 is 0 Å². The van der Waals surface area contributed by atoms with Gasteiger partial charge in [0.15, 0.2) is 5.96 Å². The van der Waals surface area contributed by atoms with E-state index in [1.165, 1.54) is 17.7 Å². The third-order valence-electron chi connectivity index (χ3n) is 4.53. The predicted octanol–water partition coefficient (Wildman–Crippen LogP) is 3.65. The second-order valence-corrected chi connectivity index (χ2v) is 8.23. The highest BCUT2D eigenvalue weighted by molar-refractivity contribution is 14.0. The monoisotopic (exact) mass is 492 g/mol. The van der Waals surface area contributed by atoms with E-state index in [9.17, 15) is 4.79 Å². The van der Waals surface area contributed by atoms with Crippen molar-refractivity contribution in [3.8, 4) is 0 Å². The molecule has 7 heteroatoms. The lowest BCUT2D eigenvalue weighted by Gasteiger charge is -2.22. The predicted molar refractivity (Wildman–Crippen MR) is 122 cm³/mol. The Morgan fingerprint density at radius 1 is 1.31 bits per heavy atom. The molecule has 3 N–H and O–H groups in total. The molecule has 1 heterocycles. The molecule has 1 fully saturated rings. The smallest absolute Gasteiger partial charge is 0.221 e. The lowest BCUT2D eigenvalue weighted by atomic mass is 9.92. The van der Waals surface area contributed by atoms with Gasteiger partial charge in [-0.05, 0) is 31.2 Å². The van der Waals surface area contributed by atoms with E-state index in [0.717, 1.165) is 25.3 Å². The van der Waals surface area contributed by atoms with Crippen LogP contribution in [0.25, 0.3) is 0 Å². The molecule has 1 aromatic rings. The van der Waals surface area contributed by atoms with Crippen molar-refractivity contribution in [3.63, 3.8) is 0 Å². The molecule has 0 aliphatic heterocycles. The molecule has 0 spiro atoms. The van der Waals surface area contributed by atoms with Gasteiger partial charge in [-0.2, -0.15) is 0 Å². The molecule has 26 heavy (non-hydrogen) atoms. The number of hydrogen-bond donors (Lipinski definition) is 3. The molecule has 1 amide bonds.